The van der Waals surface area contributed by atoms with Crippen LogP contribution < -0.4 is 0 Å². The van der Waals surface area contributed by atoms with Crippen molar-refractivity contribution in [2.24, 2.45) is 5.92 Å². The molecule has 0 atom stereocenters. The van der Waals surface area contributed by atoms with Crippen molar-refractivity contribution in [2.45, 2.75) is 65.3 Å². The number of fused-ring (bicyclic) bond motifs is 1. The summed E-state index contributed by atoms with van der Waals surface area (Å²) < 4.78 is 7.98. The van der Waals surface area contributed by atoms with Gasteiger partial charge in [-0.1, -0.05) is 37.0 Å². The van der Waals surface area contributed by atoms with E-state index in [9.17, 15) is 4.79 Å². The monoisotopic (exact) mass is 469 g/mol. The van der Waals surface area contributed by atoms with Gasteiger partial charge < -0.3 is 14.7 Å². The minimum absolute atomic E-state index is 0.357. The van der Waals surface area contributed by atoms with Gasteiger partial charge in [-0.3, -0.25) is 4.79 Å². The lowest BCUT2D eigenvalue weighted by Gasteiger charge is -2.26. The fourth-order valence-corrected chi connectivity index (χ4v) is 5.73. The number of pyridine rings is 1. The Morgan fingerprint density at radius 3 is 2.51 bits per heavy atom. The molecule has 0 spiro atoms. The molecule has 5 nitrogen and oxygen atoms in total. The van der Waals surface area contributed by atoms with Crippen LogP contribution in [0.4, 0.5) is 0 Å². The average Bonchev–Trinajstić information content (AvgIpc) is 3.20. The molecule has 0 amide bonds. The Kier molecular flexibility index (Phi) is 6.70. The third kappa shape index (κ3) is 4.62. The number of hydrogen-bond acceptors (Lipinski definition) is 4. The Morgan fingerprint density at radius 2 is 1.89 bits per heavy atom. The lowest BCUT2D eigenvalue weighted by molar-refractivity contribution is 0.0706. The minimum atomic E-state index is 0.357. The highest BCUT2D eigenvalue weighted by atomic mass is 16.5. The zero-order valence-electron chi connectivity index (χ0n) is 21.1. The molecule has 1 saturated heterocycles. The van der Waals surface area contributed by atoms with E-state index >= 15 is 0 Å². The summed E-state index contributed by atoms with van der Waals surface area (Å²) in [5.41, 5.74) is 8.95. The Morgan fingerprint density at radius 1 is 1.11 bits per heavy atom. The van der Waals surface area contributed by atoms with Gasteiger partial charge in [0.2, 0.25) is 0 Å². The number of carbonyl (C=O) groups excluding carboxylic acids is 1. The van der Waals surface area contributed by atoms with E-state index in [1.54, 1.807) is 0 Å². The molecule has 35 heavy (non-hydrogen) atoms. The molecule has 2 fully saturated rings. The van der Waals surface area contributed by atoms with Crippen molar-refractivity contribution in [1.29, 1.82) is 5.41 Å². The second-order valence-corrected chi connectivity index (χ2v) is 10.4. The lowest BCUT2D eigenvalue weighted by Crippen LogP contribution is -2.19. The third-order valence-electron chi connectivity index (χ3n) is 7.71. The maximum atomic E-state index is 11.6. The van der Waals surface area contributed by atoms with Crippen LogP contribution in [-0.4, -0.2) is 34.8 Å². The number of allylic oxidation sites excluding steroid dienone is 2. The molecule has 1 N–H and O–H groups in total. The minimum Gasteiger partial charge on any atom is -0.381 e. The van der Waals surface area contributed by atoms with Crippen LogP contribution in [0.3, 0.4) is 0 Å². The number of aromatic nitrogens is 2. The van der Waals surface area contributed by atoms with E-state index in [4.69, 9.17) is 15.1 Å². The van der Waals surface area contributed by atoms with Crippen molar-refractivity contribution in [3.8, 4) is 11.1 Å². The van der Waals surface area contributed by atoms with E-state index < -0.39 is 0 Å². The van der Waals surface area contributed by atoms with Gasteiger partial charge in [0.15, 0.2) is 0 Å². The van der Waals surface area contributed by atoms with Crippen molar-refractivity contribution < 1.29 is 9.53 Å². The largest absolute Gasteiger partial charge is 0.381 e. The topological polar surface area (TPSA) is 68.0 Å². The van der Waals surface area contributed by atoms with Gasteiger partial charge in [0.1, 0.15) is 11.9 Å². The first-order valence-corrected chi connectivity index (χ1v) is 12.9. The summed E-state index contributed by atoms with van der Waals surface area (Å²) >= 11 is 0. The van der Waals surface area contributed by atoms with E-state index in [-0.39, 0.29) is 0 Å². The van der Waals surface area contributed by atoms with E-state index in [2.05, 4.69) is 42.8 Å². The molecule has 5 rings (SSSR count). The van der Waals surface area contributed by atoms with E-state index in [0.717, 1.165) is 72.1 Å². The van der Waals surface area contributed by atoms with Crippen LogP contribution in [0.2, 0.25) is 0 Å². The predicted octanol–water partition coefficient (Wildman–Crippen LogP) is 7.04. The third-order valence-corrected chi connectivity index (χ3v) is 7.71. The summed E-state index contributed by atoms with van der Waals surface area (Å²) in [6.45, 7) is 7.50. The number of ether oxygens (including phenoxy) is 1. The summed E-state index contributed by atoms with van der Waals surface area (Å²) in [5.74, 6) is 0.700. The number of hydrogen-bond donors (Lipinski definition) is 1. The Balaban J connectivity index is 1.72. The van der Waals surface area contributed by atoms with Crippen LogP contribution in [0.5, 0.6) is 0 Å². The quantitative estimate of drug-likeness (QED) is 0.298. The van der Waals surface area contributed by atoms with Crippen LogP contribution >= 0.6 is 0 Å². The summed E-state index contributed by atoms with van der Waals surface area (Å²) in [4.78, 5) is 16.6. The highest BCUT2D eigenvalue weighted by Crippen LogP contribution is 2.39. The van der Waals surface area contributed by atoms with Gasteiger partial charge >= 0.3 is 0 Å². The van der Waals surface area contributed by atoms with Gasteiger partial charge in [-0.15, -0.1) is 0 Å². The molecule has 5 heteroatoms. The molecular weight excluding hydrogens is 434 g/mol. The summed E-state index contributed by atoms with van der Waals surface area (Å²) in [6, 6.07) is 8.71. The molecule has 0 bridgehead atoms. The maximum Gasteiger partial charge on any atom is 0.150 e. The Bertz CT molecular complexity index is 1300. The number of rotatable bonds is 7. The number of nitrogens with zero attached hydrogens (tertiary/aromatic N) is 2. The SMILES string of the molecule is CC(=N)C(=C(C)C)c1cnc2c(c1)c(-c1ccc(C=O)cc1CC1CCC1)cn2C1CCOCC1. The number of nitrogens with one attached hydrogen (secondary N) is 1. The molecule has 2 aromatic heterocycles. The maximum absolute atomic E-state index is 11.6. The molecule has 0 radical (unpaired) electrons. The van der Waals surface area contributed by atoms with Gasteiger partial charge in [0, 0.05) is 65.0 Å². The standard InChI is InChI=1S/C30H35N3O2/c1-19(2)29(20(3)31)24-15-27-28(17-33(30(27)32-16-24)25-9-11-35-12-10-25)26-8-7-22(18-34)14-23(26)13-21-5-4-6-21/h7-8,14-18,21,25,31H,4-6,9-13H2,1-3H3. The summed E-state index contributed by atoms with van der Waals surface area (Å²) in [7, 11) is 0. The van der Waals surface area contributed by atoms with Gasteiger partial charge in [0.05, 0.1) is 0 Å². The molecular formula is C30H35N3O2. The van der Waals surface area contributed by atoms with Crippen LogP contribution in [-0.2, 0) is 11.2 Å². The molecule has 1 saturated carbocycles. The van der Waals surface area contributed by atoms with Crippen molar-refractivity contribution in [3.05, 3.63) is 58.9 Å². The first-order chi connectivity index (χ1) is 17.0. The normalized spacial score (nSPS) is 16.8. The highest BCUT2D eigenvalue weighted by molar-refractivity contribution is 6.22. The first-order valence-electron chi connectivity index (χ1n) is 12.9. The van der Waals surface area contributed by atoms with Crippen molar-refractivity contribution >= 4 is 28.6 Å². The molecule has 2 aliphatic rings. The molecule has 3 aromatic rings. The van der Waals surface area contributed by atoms with Crippen molar-refractivity contribution in [1.82, 2.24) is 9.55 Å². The van der Waals surface area contributed by atoms with Crippen LogP contribution in [0.1, 0.15) is 80.4 Å². The second-order valence-electron chi connectivity index (χ2n) is 10.4. The molecule has 1 aliphatic heterocycles. The lowest BCUT2D eigenvalue weighted by atomic mass is 9.79. The predicted molar refractivity (Wildman–Crippen MR) is 142 cm³/mol. The molecule has 1 aromatic carbocycles. The van der Waals surface area contributed by atoms with E-state index in [1.165, 1.54) is 36.0 Å². The zero-order valence-corrected chi connectivity index (χ0v) is 21.1. The average molecular weight is 470 g/mol. The molecule has 182 valence electrons. The number of benzene rings is 1. The highest BCUT2D eigenvalue weighted by Gasteiger charge is 2.24. The Labute approximate surface area is 207 Å². The molecule has 3 heterocycles. The zero-order chi connectivity index (χ0) is 24.5. The summed E-state index contributed by atoms with van der Waals surface area (Å²) in [6.07, 6.45) is 11.9. The van der Waals surface area contributed by atoms with Gasteiger partial charge in [0.25, 0.3) is 0 Å². The van der Waals surface area contributed by atoms with E-state index in [0.29, 0.717) is 17.7 Å². The smallest absolute Gasteiger partial charge is 0.150 e. The molecule has 1 aliphatic carbocycles. The Hall–Kier alpha value is -3.05. The van der Waals surface area contributed by atoms with Crippen molar-refractivity contribution in [2.75, 3.05) is 13.2 Å². The fourth-order valence-electron chi connectivity index (χ4n) is 5.73. The van der Waals surface area contributed by atoms with Gasteiger partial charge in [-0.05, 0) is 69.2 Å². The van der Waals surface area contributed by atoms with Gasteiger partial charge in [-0.2, -0.15) is 0 Å². The van der Waals surface area contributed by atoms with E-state index in [1.807, 2.05) is 19.2 Å². The van der Waals surface area contributed by atoms with Gasteiger partial charge in [-0.25, -0.2) is 4.98 Å². The first kappa shape index (κ1) is 23.7. The number of aldehydes is 1. The molecule has 0 unspecified atom stereocenters. The van der Waals surface area contributed by atoms with Crippen LogP contribution in [0.15, 0.2) is 42.2 Å². The van der Waals surface area contributed by atoms with Crippen LogP contribution in [0.25, 0.3) is 27.7 Å². The second kappa shape index (κ2) is 9.90. The van der Waals surface area contributed by atoms with Crippen molar-refractivity contribution in [3.63, 3.8) is 0 Å². The summed E-state index contributed by atoms with van der Waals surface area (Å²) in [5, 5.41) is 9.47. The number of carbonyl (C=O) groups is 1. The fraction of sp³-hybridized carbons (Fsp3) is 0.433. The van der Waals surface area contributed by atoms with Crippen LogP contribution in [0, 0.1) is 11.3 Å².